The Kier molecular flexibility index (Phi) is 8.75. The van der Waals surface area contributed by atoms with Crippen molar-refractivity contribution in [2.75, 3.05) is 45.6 Å². The van der Waals surface area contributed by atoms with Gasteiger partial charge in [-0.3, -0.25) is 4.99 Å². The number of ether oxygens (including phenoxy) is 1. The van der Waals surface area contributed by atoms with E-state index < -0.39 is 14.6 Å². The molecule has 0 amide bonds. The van der Waals surface area contributed by atoms with Gasteiger partial charge < -0.3 is 15.0 Å². The van der Waals surface area contributed by atoms with Crippen LogP contribution in [0.2, 0.25) is 0 Å². The summed E-state index contributed by atoms with van der Waals surface area (Å²) in [5.74, 6) is 1.51. The van der Waals surface area contributed by atoms with Gasteiger partial charge >= 0.3 is 0 Å². The Labute approximate surface area is 163 Å². The van der Waals surface area contributed by atoms with Gasteiger partial charge in [-0.1, -0.05) is 6.92 Å². The summed E-state index contributed by atoms with van der Waals surface area (Å²) in [7, 11) is -3.17. The number of hydrogen-bond acceptors (Lipinski definition) is 4. The van der Waals surface area contributed by atoms with Crippen molar-refractivity contribution in [1.82, 2.24) is 10.2 Å². The third kappa shape index (κ3) is 5.45. The standard InChI is InChI=1S/C16H31N3O3S.HI/c1-4-17-15(19-9-5-6-14(2)12-19)18-13-16(23(3,20)21)7-10-22-11-8-16;/h14H,4-13H2,1-3H3,(H,17,18);1H. The molecule has 2 heterocycles. The average Bonchev–Trinajstić information content (AvgIpc) is 2.51. The van der Waals surface area contributed by atoms with Crippen LogP contribution in [0.3, 0.4) is 0 Å². The molecule has 0 bridgehead atoms. The van der Waals surface area contributed by atoms with Gasteiger partial charge in [-0.15, -0.1) is 24.0 Å². The SMILES string of the molecule is CCNC(=NCC1(S(C)(=O)=O)CCOCC1)N1CCCC(C)C1.I. The maximum absolute atomic E-state index is 12.3. The molecule has 2 aliphatic heterocycles. The van der Waals surface area contributed by atoms with Gasteiger partial charge in [0.15, 0.2) is 15.8 Å². The Bertz CT molecular complexity index is 519. The molecule has 2 saturated heterocycles. The number of aliphatic imine (C=N–C) groups is 1. The molecule has 1 N–H and O–H groups in total. The molecule has 0 spiro atoms. The van der Waals surface area contributed by atoms with Crippen LogP contribution in [0.4, 0.5) is 0 Å². The molecular formula is C16H32IN3O3S. The van der Waals surface area contributed by atoms with E-state index in [1.54, 1.807) is 0 Å². The molecule has 0 aromatic rings. The first-order valence-electron chi connectivity index (χ1n) is 8.68. The monoisotopic (exact) mass is 473 g/mol. The highest BCUT2D eigenvalue weighted by molar-refractivity contribution is 14.0. The minimum absolute atomic E-state index is 0. The maximum Gasteiger partial charge on any atom is 0.193 e. The maximum atomic E-state index is 12.3. The number of halogens is 1. The largest absolute Gasteiger partial charge is 0.381 e. The van der Waals surface area contributed by atoms with Crippen LogP contribution in [-0.2, 0) is 14.6 Å². The van der Waals surface area contributed by atoms with Crippen molar-refractivity contribution in [3.05, 3.63) is 0 Å². The van der Waals surface area contributed by atoms with Gasteiger partial charge in [0.05, 0.1) is 11.3 Å². The number of hydrogen-bond donors (Lipinski definition) is 1. The first kappa shape index (κ1) is 22.0. The first-order chi connectivity index (χ1) is 10.9. The molecule has 0 aromatic carbocycles. The van der Waals surface area contributed by atoms with Crippen molar-refractivity contribution in [2.45, 2.75) is 44.3 Å². The lowest BCUT2D eigenvalue weighted by atomic mass is 9.99. The van der Waals surface area contributed by atoms with Crippen LogP contribution >= 0.6 is 24.0 Å². The van der Waals surface area contributed by atoms with Crippen molar-refractivity contribution >= 4 is 39.8 Å². The normalized spacial score (nSPS) is 25.0. The highest BCUT2D eigenvalue weighted by Gasteiger charge is 2.42. The van der Waals surface area contributed by atoms with E-state index in [0.717, 1.165) is 32.0 Å². The summed E-state index contributed by atoms with van der Waals surface area (Å²) < 4.78 is 29.3. The van der Waals surface area contributed by atoms with E-state index in [9.17, 15) is 8.42 Å². The van der Waals surface area contributed by atoms with Gasteiger partial charge in [-0.25, -0.2) is 8.42 Å². The summed E-state index contributed by atoms with van der Waals surface area (Å²) in [6.45, 7) is 8.39. The summed E-state index contributed by atoms with van der Waals surface area (Å²) in [6, 6.07) is 0. The zero-order valence-corrected chi connectivity index (χ0v) is 18.2. The predicted octanol–water partition coefficient (Wildman–Crippen LogP) is 1.90. The quantitative estimate of drug-likeness (QED) is 0.384. The Morgan fingerprint density at radius 1 is 1.38 bits per heavy atom. The summed E-state index contributed by atoms with van der Waals surface area (Å²) in [4.78, 5) is 7.00. The van der Waals surface area contributed by atoms with Crippen LogP contribution in [0.5, 0.6) is 0 Å². The van der Waals surface area contributed by atoms with Gasteiger partial charge in [-0.2, -0.15) is 0 Å². The lowest BCUT2D eigenvalue weighted by Crippen LogP contribution is -2.49. The Morgan fingerprint density at radius 2 is 2.04 bits per heavy atom. The lowest BCUT2D eigenvalue weighted by Gasteiger charge is -2.36. The minimum atomic E-state index is -3.17. The predicted molar refractivity (Wildman–Crippen MR) is 109 cm³/mol. The van der Waals surface area contributed by atoms with Gasteiger partial charge in [0.2, 0.25) is 0 Å². The van der Waals surface area contributed by atoms with Gasteiger partial charge in [0.25, 0.3) is 0 Å². The molecule has 2 rings (SSSR count). The fourth-order valence-corrected chi connectivity index (χ4v) is 4.62. The molecule has 1 unspecified atom stereocenters. The van der Waals surface area contributed by atoms with Crippen molar-refractivity contribution in [3.8, 4) is 0 Å². The summed E-state index contributed by atoms with van der Waals surface area (Å²) in [5.41, 5.74) is 0. The van der Waals surface area contributed by atoms with Crippen LogP contribution in [0.1, 0.15) is 39.5 Å². The molecule has 2 aliphatic rings. The van der Waals surface area contributed by atoms with E-state index in [0.29, 0.717) is 38.5 Å². The molecule has 0 saturated carbocycles. The molecule has 0 radical (unpaired) electrons. The third-order valence-corrected chi connectivity index (χ3v) is 7.11. The van der Waals surface area contributed by atoms with E-state index in [1.165, 1.54) is 12.7 Å². The van der Waals surface area contributed by atoms with Crippen LogP contribution in [0.15, 0.2) is 4.99 Å². The Morgan fingerprint density at radius 3 is 2.58 bits per heavy atom. The molecule has 8 heteroatoms. The fourth-order valence-electron chi connectivity index (χ4n) is 3.42. The molecular weight excluding hydrogens is 441 g/mol. The van der Waals surface area contributed by atoms with Gasteiger partial charge in [0, 0.05) is 39.1 Å². The molecule has 0 aromatic heterocycles. The van der Waals surface area contributed by atoms with Crippen molar-refractivity contribution in [2.24, 2.45) is 10.9 Å². The summed E-state index contributed by atoms with van der Waals surface area (Å²) >= 11 is 0. The molecule has 142 valence electrons. The zero-order valence-electron chi connectivity index (χ0n) is 15.1. The topological polar surface area (TPSA) is 71.0 Å². The second kappa shape index (κ2) is 9.56. The second-order valence-corrected chi connectivity index (χ2v) is 9.34. The highest BCUT2D eigenvalue weighted by atomic mass is 127. The molecule has 1 atom stereocenters. The fraction of sp³-hybridized carbons (Fsp3) is 0.938. The number of guanidine groups is 1. The smallest absolute Gasteiger partial charge is 0.193 e. The highest BCUT2D eigenvalue weighted by Crippen LogP contribution is 2.30. The van der Waals surface area contributed by atoms with Gasteiger partial charge in [-0.05, 0) is 38.5 Å². The van der Waals surface area contributed by atoms with E-state index in [-0.39, 0.29) is 24.0 Å². The number of sulfone groups is 1. The van der Waals surface area contributed by atoms with E-state index in [1.807, 2.05) is 6.92 Å². The minimum Gasteiger partial charge on any atom is -0.381 e. The first-order valence-corrected chi connectivity index (χ1v) is 10.6. The number of rotatable bonds is 4. The van der Waals surface area contributed by atoms with E-state index in [2.05, 4.69) is 17.1 Å². The summed E-state index contributed by atoms with van der Waals surface area (Å²) in [5, 5.41) is 3.33. The van der Waals surface area contributed by atoms with Crippen LogP contribution in [0, 0.1) is 5.92 Å². The Balaban J connectivity index is 0.00000288. The van der Waals surface area contributed by atoms with E-state index >= 15 is 0 Å². The lowest BCUT2D eigenvalue weighted by molar-refractivity contribution is 0.0767. The van der Waals surface area contributed by atoms with E-state index in [4.69, 9.17) is 9.73 Å². The average molecular weight is 473 g/mol. The van der Waals surface area contributed by atoms with Crippen LogP contribution < -0.4 is 5.32 Å². The number of likely N-dealkylation sites (tertiary alicyclic amines) is 1. The van der Waals surface area contributed by atoms with Crippen LogP contribution in [-0.4, -0.2) is 69.7 Å². The molecule has 2 fully saturated rings. The second-order valence-electron chi connectivity index (χ2n) is 6.93. The molecule has 6 nitrogen and oxygen atoms in total. The zero-order chi connectivity index (χ0) is 16.9. The van der Waals surface area contributed by atoms with Crippen molar-refractivity contribution in [1.29, 1.82) is 0 Å². The summed E-state index contributed by atoms with van der Waals surface area (Å²) in [6.07, 6.45) is 4.82. The van der Waals surface area contributed by atoms with Crippen molar-refractivity contribution < 1.29 is 13.2 Å². The number of nitrogens with zero attached hydrogens (tertiary/aromatic N) is 2. The van der Waals surface area contributed by atoms with Crippen LogP contribution in [0.25, 0.3) is 0 Å². The third-order valence-electron chi connectivity index (χ3n) is 5.00. The Hall–Kier alpha value is -0.0900. The molecule has 0 aliphatic carbocycles. The number of piperidine rings is 1. The van der Waals surface area contributed by atoms with Gasteiger partial charge in [0.1, 0.15) is 0 Å². The number of nitrogens with one attached hydrogen (secondary N) is 1. The molecule has 24 heavy (non-hydrogen) atoms. The van der Waals surface area contributed by atoms with Crippen molar-refractivity contribution in [3.63, 3.8) is 0 Å².